The highest BCUT2D eigenvalue weighted by Crippen LogP contribution is 2.48. The van der Waals surface area contributed by atoms with Gasteiger partial charge in [0.15, 0.2) is 16.6 Å². The van der Waals surface area contributed by atoms with E-state index in [1.807, 2.05) is 20.8 Å². The van der Waals surface area contributed by atoms with Crippen LogP contribution in [0.1, 0.15) is 58.9 Å². The summed E-state index contributed by atoms with van der Waals surface area (Å²) in [5.74, 6) is 0.493. The van der Waals surface area contributed by atoms with Gasteiger partial charge in [0.05, 0.1) is 38.4 Å². The van der Waals surface area contributed by atoms with E-state index in [1.54, 1.807) is 10.9 Å². The first kappa shape index (κ1) is 32.5. The van der Waals surface area contributed by atoms with Gasteiger partial charge in [-0.2, -0.15) is 4.98 Å². The fourth-order valence-electron chi connectivity index (χ4n) is 4.75. The second kappa shape index (κ2) is 13.6. The van der Waals surface area contributed by atoms with Crippen LogP contribution >= 0.6 is 19.5 Å². The number of rotatable bonds is 12. The zero-order valence-corrected chi connectivity index (χ0v) is 26.4. The van der Waals surface area contributed by atoms with Crippen molar-refractivity contribution in [1.29, 1.82) is 0 Å². The highest BCUT2D eigenvalue weighted by molar-refractivity contribution is 8.13. The van der Waals surface area contributed by atoms with E-state index in [-0.39, 0.29) is 48.4 Å². The molecule has 0 amide bonds. The average molecular weight is 653 g/mol. The Morgan fingerprint density at radius 2 is 1.86 bits per heavy atom. The number of nitrogens with zero attached hydrogens (tertiary/aromatic N) is 6. The van der Waals surface area contributed by atoms with Crippen molar-refractivity contribution in [2.75, 3.05) is 36.4 Å². The van der Waals surface area contributed by atoms with Crippen molar-refractivity contribution in [1.82, 2.24) is 29.1 Å². The summed E-state index contributed by atoms with van der Waals surface area (Å²) in [6.45, 7) is 5.16. The second-order valence-corrected chi connectivity index (χ2v) is 14.3. The molecule has 0 aromatic carbocycles. The molecule has 5 unspecified atom stereocenters. The van der Waals surface area contributed by atoms with Gasteiger partial charge in [0.25, 0.3) is 0 Å². The predicted octanol–water partition coefficient (Wildman–Crippen LogP) is 2.87. The third-order valence-electron chi connectivity index (χ3n) is 7.08. The maximum Gasteiger partial charge on any atom is 0.434 e. The topological polar surface area (TPSA) is 208 Å². The van der Waals surface area contributed by atoms with E-state index in [4.69, 9.17) is 24.3 Å². The minimum atomic E-state index is -4.08. The number of aliphatic hydroxyl groups excluding tert-OH is 1. The van der Waals surface area contributed by atoms with Crippen molar-refractivity contribution >= 4 is 47.4 Å². The number of nitrogens with two attached hydrogens (primary N) is 1. The SMILES string of the molecule is CC(C)(C)C(=O)SCCOP(=O)(Nc1ccn(C2CCC(CO)O2)c(=O)n1)OCC1CCC(n2cnc3c(N)ncnc32)O1. The molecule has 18 heteroatoms. The molecular weight excluding hydrogens is 615 g/mol. The molecule has 0 aliphatic carbocycles. The smallest absolute Gasteiger partial charge is 0.394 e. The number of thioether (sulfide) groups is 1. The molecular formula is C26H37N8O8PS. The number of imidazole rings is 1. The lowest BCUT2D eigenvalue weighted by atomic mass is 10.00. The van der Waals surface area contributed by atoms with E-state index in [2.05, 4.69) is 25.0 Å². The van der Waals surface area contributed by atoms with E-state index < -0.39 is 37.4 Å². The number of aliphatic hydroxyl groups is 1. The predicted molar refractivity (Wildman–Crippen MR) is 162 cm³/mol. The van der Waals surface area contributed by atoms with Gasteiger partial charge < -0.3 is 20.3 Å². The molecule has 3 aromatic rings. The number of aromatic nitrogens is 6. The van der Waals surface area contributed by atoms with E-state index in [9.17, 15) is 19.3 Å². The molecule has 0 saturated carbocycles. The molecule has 5 atom stereocenters. The van der Waals surface area contributed by atoms with Crippen LogP contribution < -0.4 is 16.5 Å². The van der Waals surface area contributed by atoms with Gasteiger partial charge in [-0.15, -0.1) is 0 Å². The van der Waals surface area contributed by atoms with Crippen LogP contribution in [0.3, 0.4) is 0 Å². The van der Waals surface area contributed by atoms with E-state index >= 15 is 0 Å². The summed E-state index contributed by atoms with van der Waals surface area (Å²) in [5, 5.41) is 12.0. The van der Waals surface area contributed by atoms with Crippen molar-refractivity contribution in [3.05, 3.63) is 35.4 Å². The number of hydrogen-bond acceptors (Lipinski definition) is 14. The van der Waals surface area contributed by atoms with Crippen molar-refractivity contribution in [3.8, 4) is 0 Å². The Hall–Kier alpha value is -2.92. The summed E-state index contributed by atoms with van der Waals surface area (Å²) in [5.41, 5.74) is 5.75. The fourth-order valence-corrected chi connectivity index (χ4v) is 6.96. The van der Waals surface area contributed by atoms with Crippen LogP contribution in [0.4, 0.5) is 11.6 Å². The Bertz CT molecular complexity index is 1580. The minimum Gasteiger partial charge on any atom is -0.394 e. The lowest BCUT2D eigenvalue weighted by Crippen LogP contribution is -2.28. The number of hydrogen-bond donors (Lipinski definition) is 3. The summed E-state index contributed by atoms with van der Waals surface area (Å²) >= 11 is 1.07. The van der Waals surface area contributed by atoms with Gasteiger partial charge in [0.2, 0.25) is 0 Å². The van der Waals surface area contributed by atoms with Gasteiger partial charge in [-0.05, 0) is 31.7 Å². The largest absolute Gasteiger partial charge is 0.434 e. The maximum absolute atomic E-state index is 13.9. The lowest BCUT2D eigenvalue weighted by Gasteiger charge is -2.22. The Morgan fingerprint density at radius 1 is 1.14 bits per heavy atom. The molecule has 3 aromatic heterocycles. The summed E-state index contributed by atoms with van der Waals surface area (Å²) in [4.78, 5) is 41.6. The summed E-state index contributed by atoms with van der Waals surface area (Å²) in [7, 11) is -4.08. The van der Waals surface area contributed by atoms with Gasteiger partial charge in [-0.25, -0.2) is 24.3 Å². The molecule has 5 rings (SSSR count). The first-order chi connectivity index (χ1) is 21.0. The zero-order valence-electron chi connectivity index (χ0n) is 24.7. The Labute approximate surface area is 257 Å². The number of nitrogen functional groups attached to an aromatic ring is 1. The lowest BCUT2D eigenvalue weighted by molar-refractivity contribution is -0.117. The molecule has 240 valence electrons. The third kappa shape index (κ3) is 7.65. The van der Waals surface area contributed by atoms with Gasteiger partial charge in [-0.3, -0.25) is 28.1 Å². The van der Waals surface area contributed by atoms with E-state index in [0.29, 0.717) is 36.8 Å². The number of fused-ring (bicyclic) bond motifs is 1. The third-order valence-corrected chi connectivity index (χ3v) is 9.84. The fraction of sp³-hybridized carbons (Fsp3) is 0.615. The van der Waals surface area contributed by atoms with Crippen LogP contribution in [0.25, 0.3) is 11.2 Å². The molecule has 2 fully saturated rings. The van der Waals surface area contributed by atoms with Crippen LogP contribution in [0.15, 0.2) is 29.7 Å². The Balaban J connectivity index is 1.24. The number of nitrogens with one attached hydrogen (secondary N) is 1. The van der Waals surface area contributed by atoms with Crippen molar-refractivity contribution in [2.45, 2.75) is 71.1 Å². The normalized spacial score (nSPS) is 23.6. The highest BCUT2D eigenvalue weighted by atomic mass is 32.2. The van der Waals surface area contributed by atoms with Crippen molar-refractivity contribution in [3.63, 3.8) is 0 Å². The van der Waals surface area contributed by atoms with Gasteiger partial charge in [-0.1, -0.05) is 32.5 Å². The first-order valence-corrected chi connectivity index (χ1v) is 16.8. The highest BCUT2D eigenvalue weighted by Gasteiger charge is 2.34. The minimum absolute atomic E-state index is 0.0166. The molecule has 5 heterocycles. The van der Waals surface area contributed by atoms with Crippen molar-refractivity contribution in [2.24, 2.45) is 5.41 Å². The van der Waals surface area contributed by atoms with Crippen LogP contribution in [0.2, 0.25) is 0 Å². The standard InChI is InChI=1S/C26H37N8O8PS/c1-26(2,3)24(36)44-11-10-39-43(38,32-18-8-9-33(25(37)31-18)19-6-4-16(12-35)41-19)40-13-17-5-7-20(42-17)34-15-30-21-22(27)28-14-29-23(21)34/h8-9,14-17,19-20,35H,4-7,10-13H2,1-3H3,(H2,27,28,29)(H,31,32,37,38). The molecule has 0 bridgehead atoms. The van der Waals surface area contributed by atoms with Crippen LogP contribution in [-0.4, -0.2) is 77.1 Å². The number of carbonyl (C=O) groups excluding carboxylic acids is 1. The molecule has 2 aliphatic rings. The van der Waals surface area contributed by atoms with Gasteiger partial charge >= 0.3 is 13.4 Å². The molecule has 0 spiro atoms. The second-order valence-electron chi connectivity index (χ2n) is 11.5. The summed E-state index contributed by atoms with van der Waals surface area (Å²) in [6.07, 6.45) is 5.06. The molecule has 44 heavy (non-hydrogen) atoms. The molecule has 4 N–H and O–H groups in total. The Kier molecular flexibility index (Phi) is 10.0. The number of ether oxygens (including phenoxy) is 2. The number of carbonyl (C=O) groups is 1. The summed E-state index contributed by atoms with van der Waals surface area (Å²) < 4.78 is 40.2. The first-order valence-electron chi connectivity index (χ1n) is 14.2. The van der Waals surface area contributed by atoms with Crippen LogP contribution in [-0.2, 0) is 27.9 Å². The molecule has 16 nitrogen and oxygen atoms in total. The van der Waals surface area contributed by atoms with E-state index in [1.165, 1.54) is 23.2 Å². The van der Waals surface area contributed by atoms with Gasteiger partial charge in [0, 0.05) is 17.4 Å². The van der Waals surface area contributed by atoms with Gasteiger partial charge in [0.1, 0.15) is 30.1 Å². The summed E-state index contributed by atoms with van der Waals surface area (Å²) in [6, 6.07) is 1.47. The molecule has 0 radical (unpaired) electrons. The average Bonchev–Trinajstić information content (AvgIpc) is 3.74. The van der Waals surface area contributed by atoms with Crippen molar-refractivity contribution < 1.29 is 33.0 Å². The maximum atomic E-state index is 13.9. The van der Waals surface area contributed by atoms with Crippen LogP contribution in [0, 0.1) is 5.41 Å². The quantitative estimate of drug-likeness (QED) is 0.190. The zero-order chi connectivity index (χ0) is 31.5. The molecule has 2 aliphatic heterocycles. The number of anilines is 2. The van der Waals surface area contributed by atoms with Crippen LogP contribution in [0.5, 0.6) is 0 Å². The molecule has 2 saturated heterocycles. The van der Waals surface area contributed by atoms with E-state index in [0.717, 1.165) is 11.8 Å². The monoisotopic (exact) mass is 652 g/mol. The Morgan fingerprint density at radius 3 is 2.57 bits per heavy atom.